The molecule has 2 rings (SSSR count). The van der Waals surface area contributed by atoms with E-state index in [0.29, 0.717) is 18.5 Å². The number of likely N-dealkylation sites (N-methyl/N-ethyl adjacent to an activating group) is 1. The first-order valence-electron chi connectivity index (χ1n) is 8.08. The molecule has 0 spiro atoms. The highest BCUT2D eigenvalue weighted by Gasteiger charge is 2.57. The molecule has 1 atom stereocenters. The van der Waals surface area contributed by atoms with Crippen LogP contribution < -0.4 is 5.32 Å². The van der Waals surface area contributed by atoms with Crippen molar-refractivity contribution in [3.63, 3.8) is 0 Å². The Hall–Kier alpha value is -2.15. The molecule has 2 amide bonds. The van der Waals surface area contributed by atoms with Crippen LogP contribution in [0.4, 0.5) is 5.69 Å². The molecule has 0 bridgehead atoms. The van der Waals surface area contributed by atoms with Crippen LogP contribution >= 0.6 is 0 Å². The Kier molecular flexibility index (Phi) is 5.37. The molecule has 0 aliphatic heterocycles. The summed E-state index contributed by atoms with van der Waals surface area (Å²) >= 11 is 0. The molecule has 6 nitrogen and oxygen atoms in total. The van der Waals surface area contributed by atoms with Gasteiger partial charge in [0.15, 0.2) is 9.84 Å². The normalized spacial score (nSPS) is 16.6. The first-order chi connectivity index (χ1) is 11.6. The summed E-state index contributed by atoms with van der Waals surface area (Å²) < 4.78 is 23.2. The minimum atomic E-state index is -3.20. The Morgan fingerprint density at radius 2 is 1.88 bits per heavy atom. The van der Waals surface area contributed by atoms with Gasteiger partial charge in [-0.1, -0.05) is 18.7 Å². The second-order valence-corrected chi connectivity index (χ2v) is 8.94. The van der Waals surface area contributed by atoms with Gasteiger partial charge in [0.1, 0.15) is 0 Å². The zero-order chi connectivity index (χ0) is 18.8. The van der Waals surface area contributed by atoms with E-state index in [-0.39, 0.29) is 24.3 Å². The lowest BCUT2D eigenvalue weighted by atomic mass is 10.1. The van der Waals surface area contributed by atoms with Crippen LogP contribution in [-0.2, 0) is 25.8 Å². The number of benzene rings is 1. The van der Waals surface area contributed by atoms with Crippen LogP contribution in [0.1, 0.15) is 25.3 Å². The zero-order valence-corrected chi connectivity index (χ0v) is 15.6. The molecule has 1 aliphatic rings. The van der Waals surface area contributed by atoms with Crippen molar-refractivity contribution in [2.75, 3.05) is 18.6 Å². The van der Waals surface area contributed by atoms with Gasteiger partial charge in [0.25, 0.3) is 0 Å². The van der Waals surface area contributed by atoms with Crippen molar-refractivity contribution in [3.05, 3.63) is 42.5 Å². The minimum Gasteiger partial charge on any atom is -0.341 e. The van der Waals surface area contributed by atoms with Gasteiger partial charge in [0, 0.05) is 25.0 Å². The molecular formula is C18H24N2O4S. The maximum atomic E-state index is 12.5. The van der Waals surface area contributed by atoms with Crippen molar-refractivity contribution in [2.45, 2.75) is 37.0 Å². The molecule has 7 heteroatoms. The van der Waals surface area contributed by atoms with Gasteiger partial charge in [-0.05, 0) is 43.5 Å². The van der Waals surface area contributed by atoms with Gasteiger partial charge in [-0.3, -0.25) is 9.59 Å². The topological polar surface area (TPSA) is 83.6 Å². The van der Waals surface area contributed by atoms with E-state index in [4.69, 9.17) is 0 Å². The lowest BCUT2D eigenvalue weighted by molar-refractivity contribution is -0.131. The fraction of sp³-hybridized carbons (Fsp3) is 0.444. The van der Waals surface area contributed by atoms with Gasteiger partial charge in [-0.25, -0.2) is 8.42 Å². The van der Waals surface area contributed by atoms with Crippen molar-refractivity contribution in [2.24, 2.45) is 0 Å². The van der Waals surface area contributed by atoms with E-state index in [1.165, 1.54) is 17.2 Å². The summed E-state index contributed by atoms with van der Waals surface area (Å²) in [6.45, 7) is 5.18. The molecule has 0 saturated heterocycles. The van der Waals surface area contributed by atoms with Gasteiger partial charge in [-0.2, -0.15) is 0 Å². The van der Waals surface area contributed by atoms with Crippen LogP contribution in [0.5, 0.6) is 0 Å². The number of sulfone groups is 1. The Morgan fingerprint density at radius 3 is 2.32 bits per heavy atom. The number of hydrogen-bond acceptors (Lipinski definition) is 4. The number of nitrogens with zero attached hydrogens (tertiary/aromatic N) is 1. The highest BCUT2D eigenvalue weighted by atomic mass is 32.2. The third kappa shape index (κ3) is 4.10. The lowest BCUT2D eigenvalue weighted by Gasteiger charge is -2.31. The number of nitrogens with one attached hydrogen (secondary N) is 1. The summed E-state index contributed by atoms with van der Waals surface area (Å²) in [7, 11) is -1.55. The average Bonchev–Trinajstić information content (AvgIpc) is 3.36. The molecule has 0 aromatic heterocycles. The van der Waals surface area contributed by atoms with Gasteiger partial charge >= 0.3 is 0 Å². The lowest BCUT2D eigenvalue weighted by Crippen LogP contribution is -2.48. The van der Waals surface area contributed by atoms with E-state index < -0.39 is 14.6 Å². The molecule has 25 heavy (non-hydrogen) atoms. The Labute approximate surface area is 148 Å². The summed E-state index contributed by atoms with van der Waals surface area (Å²) in [6.07, 6.45) is 3.80. The largest absolute Gasteiger partial charge is 0.341 e. The Bertz CT molecular complexity index is 780. The van der Waals surface area contributed by atoms with Gasteiger partial charge in [0.2, 0.25) is 11.8 Å². The van der Waals surface area contributed by atoms with Crippen LogP contribution in [0, 0.1) is 0 Å². The minimum absolute atomic E-state index is 0.134. The molecular weight excluding hydrogens is 340 g/mol. The van der Waals surface area contributed by atoms with E-state index in [1.807, 2.05) is 0 Å². The third-order valence-electron chi connectivity index (χ3n) is 4.98. The second kappa shape index (κ2) is 7.00. The summed E-state index contributed by atoms with van der Waals surface area (Å²) in [5.74, 6) is -0.432. The van der Waals surface area contributed by atoms with E-state index in [0.717, 1.165) is 5.56 Å². The first-order valence-corrected chi connectivity index (χ1v) is 9.97. The molecule has 0 heterocycles. The van der Waals surface area contributed by atoms with E-state index in [9.17, 15) is 18.0 Å². The van der Waals surface area contributed by atoms with E-state index >= 15 is 0 Å². The number of hydrogen-bond donors (Lipinski definition) is 1. The van der Waals surface area contributed by atoms with Crippen LogP contribution in [0.2, 0.25) is 0 Å². The standard InChI is InChI=1S/C18H24N2O4S/c1-5-16(21)19-15-8-6-14(7-9-15)12-17(22)20(3)13(2)18(10-11-18)25(4,23)24/h5-9,13H,1,10-12H2,2-4H3,(H,19,21). The van der Waals surface area contributed by atoms with Crippen molar-refractivity contribution < 1.29 is 18.0 Å². The first kappa shape index (κ1) is 19.2. The van der Waals surface area contributed by atoms with Crippen LogP contribution in [-0.4, -0.2) is 49.2 Å². The maximum absolute atomic E-state index is 12.5. The Balaban J connectivity index is 2.02. The molecule has 1 aromatic carbocycles. The van der Waals surface area contributed by atoms with Crippen LogP contribution in [0.3, 0.4) is 0 Å². The predicted molar refractivity (Wildman–Crippen MR) is 98.0 cm³/mol. The third-order valence-corrected chi connectivity index (χ3v) is 7.21. The fourth-order valence-electron chi connectivity index (χ4n) is 2.99. The molecule has 1 saturated carbocycles. The van der Waals surface area contributed by atoms with Crippen LogP contribution in [0.25, 0.3) is 0 Å². The molecule has 1 fully saturated rings. The second-order valence-electron chi connectivity index (χ2n) is 6.58. The van der Waals surface area contributed by atoms with Crippen molar-refractivity contribution in [1.82, 2.24) is 4.90 Å². The summed E-state index contributed by atoms with van der Waals surface area (Å²) in [4.78, 5) is 25.3. The monoisotopic (exact) mass is 364 g/mol. The quantitative estimate of drug-likeness (QED) is 0.748. The number of rotatable bonds is 7. The van der Waals surface area contributed by atoms with Crippen molar-refractivity contribution in [1.29, 1.82) is 0 Å². The molecule has 136 valence electrons. The smallest absolute Gasteiger partial charge is 0.247 e. The number of carbonyl (C=O) groups is 2. The maximum Gasteiger partial charge on any atom is 0.247 e. The highest BCUT2D eigenvalue weighted by molar-refractivity contribution is 7.92. The van der Waals surface area contributed by atoms with Gasteiger partial charge in [0.05, 0.1) is 11.2 Å². The Morgan fingerprint density at radius 1 is 1.32 bits per heavy atom. The van der Waals surface area contributed by atoms with Gasteiger partial charge in [-0.15, -0.1) is 0 Å². The fourth-order valence-corrected chi connectivity index (χ4v) is 4.61. The predicted octanol–water partition coefficient (Wildman–Crippen LogP) is 1.78. The molecule has 1 N–H and O–H groups in total. The molecule has 1 aromatic rings. The SMILES string of the molecule is C=CC(=O)Nc1ccc(CC(=O)N(C)C(C)C2(S(C)(=O)=O)CC2)cc1. The molecule has 1 aliphatic carbocycles. The van der Waals surface area contributed by atoms with E-state index in [1.54, 1.807) is 38.2 Å². The summed E-state index contributed by atoms with van der Waals surface area (Å²) in [5.41, 5.74) is 1.42. The van der Waals surface area contributed by atoms with E-state index in [2.05, 4.69) is 11.9 Å². The molecule has 1 unspecified atom stereocenters. The average molecular weight is 364 g/mol. The number of amides is 2. The van der Waals surface area contributed by atoms with Crippen molar-refractivity contribution >= 4 is 27.3 Å². The highest BCUT2D eigenvalue weighted by Crippen LogP contribution is 2.47. The molecule has 0 radical (unpaired) electrons. The van der Waals surface area contributed by atoms with Crippen LogP contribution in [0.15, 0.2) is 36.9 Å². The number of anilines is 1. The zero-order valence-electron chi connectivity index (χ0n) is 14.8. The summed E-state index contributed by atoms with van der Waals surface area (Å²) in [6, 6.07) is 6.59. The summed E-state index contributed by atoms with van der Waals surface area (Å²) in [5, 5.41) is 2.64. The van der Waals surface area contributed by atoms with Gasteiger partial charge < -0.3 is 10.2 Å². The number of carbonyl (C=O) groups excluding carboxylic acids is 2. The van der Waals surface area contributed by atoms with Crippen molar-refractivity contribution in [3.8, 4) is 0 Å².